The molecule has 1 unspecified atom stereocenters. The zero-order valence-electron chi connectivity index (χ0n) is 15.2. The number of hydrogen-bond donors (Lipinski definition) is 1. The van der Waals surface area contributed by atoms with Gasteiger partial charge in [0.1, 0.15) is 10.6 Å². The molecule has 1 aliphatic heterocycles. The predicted molar refractivity (Wildman–Crippen MR) is 111 cm³/mol. The van der Waals surface area contributed by atoms with Gasteiger partial charge in [0.15, 0.2) is 0 Å². The summed E-state index contributed by atoms with van der Waals surface area (Å²) in [5.41, 5.74) is -0.0234. The highest BCUT2D eigenvalue weighted by Gasteiger charge is 2.42. The van der Waals surface area contributed by atoms with Crippen LogP contribution >= 0.6 is 23.2 Å². The Bertz CT molecular complexity index is 1200. The Kier molecular flexibility index (Phi) is 5.74. The van der Waals surface area contributed by atoms with Gasteiger partial charge in [-0.3, -0.25) is 9.52 Å². The molecule has 0 saturated carbocycles. The summed E-state index contributed by atoms with van der Waals surface area (Å²) in [5, 5.41) is 0.395. The lowest BCUT2D eigenvalue weighted by Gasteiger charge is -2.18. The maximum atomic E-state index is 13.0. The van der Waals surface area contributed by atoms with E-state index in [1.807, 2.05) is 0 Å². The highest BCUT2D eigenvalue weighted by molar-refractivity contribution is 7.94. The van der Waals surface area contributed by atoms with Gasteiger partial charge in [-0.15, -0.1) is 0 Å². The van der Waals surface area contributed by atoms with Gasteiger partial charge in [-0.1, -0.05) is 30.1 Å². The highest BCUT2D eigenvalue weighted by atomic mass is 35.5. The SMILES string of the molecule is COc1ccc(N2C(=O)C(C)CS2(=O)=O)cc1S(=O)(=O)Nc1ccc(Cl)cc1Cl. The van der Waals surface area contributed by atoms with Crippen LogP contribution in [0.5, 0.6) is 5.75 Å². The van der Waals surface area contributed by atoms with Crippen molar-refractivity contribution in [3.63, 3.8) is 0 Å². The predicted octanol–water partition coefficient (Wildman–Crippen LogP) is 3.12. The number of hydrogen-bond acceptors (Lipinski definition) is 6. The third-order valence-electron chi connectivity index (χ3n) is 4.21. The molecule has 1 fully saturated rings. The van der Waals surface area contributed by atoms with Crippen LogP contribution in [0.15, 0.2) is 41.3 Å². The summed E-state index contributed by atoms with van der Waals surface area (Å²) in [4.78, 5) is 12.0. The standard InChI is InChI=1S/C17H16Cl2N2O6S2/c1-10-9-28(23,24)21(17(10)22)12-4-6-15(27-2)16(8-12)29(25,26)20-14-5-3-11(18)7-13(14)19/h3-8,10,20H,9H2,1-2H3. The van der Waals surface area contributed by atoms with Crippen LogP contribution in [0.4, 0.5) is 11.4 Å². The molecule has 12 heteroatoms. The normalized spacial score (nSPS) is 18.7. The first kappa shape index (κ1) is 21.7. The lowest BCUT2D eigenvalue weighted by molar-refractivity contribution is -0.119. The van der Waals surface area contributed by atoms with Crippen LogP contribution in [-0.2, 0) is 24.8 Å². The van der Waals surface area contributed by atoms with E-state index in [4.69, 9.17) is 27.9 Å². The van der Waals surface area contributed by atoms with E-state index in [0.29, 0.717) is 9.33 Å². The third-order valence-corrected chi connectivity index (χ3v) is 8.01. The quantitative estimate of drug-likeness (QED) is 0.706. The first-order valence-corrected chi connectivity index (χ1v) is 12.0. The molecule has 8 nitrogen and oxygen atoms in total. The van der Waals surface area contributed by atoms with Crippen molar-refractivity contribution in [2.24, 2.45) is 5.92 Å². The smallest absolute Gasteiger partial charge is 0.265 e. The summed E-state index contributed by atoms with van der Waals surface area (Å²) < 4.78 is 58.6. The summed E-state index contributed by atoms with van der Waals surface area (Å²) in [6.07, 6.45) is 0. The number of anilines is 2. The van der Waals surface area contributed by atoms with Crippen LogP contribution < -0.4 is 13.8 Å². The van der Waals surface area contributed by atoms with Crippen LogP contribution in [0, 0.1) is 5.92 Å². The number of nitrogens with one attached hydrogen (secondary N) is 1. The Balaban J connectivity index is 2.09. The van der Waals surface area contributed by atoms with E-state index in [0.717, 1.165) is 6.07 Å². The summed E-state index contributed by atoms with van der Waals surface area (Å²) in [5.74, 6) is -1.75. The molecule has 29 heavy (non-hydrogen) atoms. The molecule has 1 N–H and O–H groups in total. The van der Waals surface area contributed by atoms with Crippen molar-refractivity contribution in [3.05, 3.63) is 46.4 Å². The van der Waals surface area contributed by atoms with Gasteiger partial charge in [0.25, 0.3) is 10.0 Å². The van der Waals surface area contributed by atoms with Crippen molar-refractivity contribution in [2.75, 3.05) is 21.9 Å². The van der Waals surface area contributed by atoms with Crippen molar-refractivity contribution >= 4 is 60.5 Å². The molecule has 1 atom stereocenters. The van der Waals surface area contributed by atoms with Crippen LogP contribution in [0.3, 0.4) is 0 Å². The van der Waals surface area contributed by atoms with Crippen LogP contribution in [-0.4, -0.2) is 35.6 Å². The fraction of sp³-hybridized carbons (Fsp3) is 0.235. The van der Waals surface area contributed by atoms with Gasteiger partial charge in [0.2, 0.25) is 15.9 Å². The molecule has 1 aliphatic rings. The Morgan fingerprint density at radius 3 is 2.41 bits per heavy atom. The first-order chi connectivity index (χ1) is 13.5. The second kappa shape index (κ2) is 7.67. The van der Waals surface area contributed by atoms with Crippen molar-refractivity contribution in [1.82, 2.24) is 0 Å². The molecule has 0 radical (unpaired) electrons. The van der Waals surface area contributed by atoms with Crippen molar-refractivity contribution in [1.29, 1.82) is 0 Å². The zero-order valence-corrected chi connectivity index (χ0v) is 18.4. The van der Waals surface area contributed by atoms with E-state index in [1.54, 1.807) is 0 Å². The average molecular weight is 479 g/mol. The largest absolute Gasteiger partial charge is 0.495 e. The Morgan fingerprint density at radius 2 is 1.86 bits per heavy atom. The fourth-order valence-electron chi connectivity index (χ4n) is 2.86. The van der Waals surface area contributed by atoms with Crippen LogP contribution in [0.2, 0.25) is 10.0 Å². The average Bonchev–Trinajstić information content (AvgIpc) is 2.84. The molecule has 0 bridgehead atoms. The monoisotopic (exact) mass is 478 g/mol. The molecule has 3 rings (SSSR count). The van der Waals surface area contributed by atoms with E-state index in [2.05, 4.69) is 4.72 Å². The molecule has 2 aromatic rings. The number of nitrogens with zero attached hydrogens (tertiary/aromatic N) is 1. The second-order valence-corrected chi connectivity index (χ2v) is 10.7. The van der Waals surface area contributed by atoms with Crippen molar-refractivity contribution in [2.45, 2.75) is 11.8 Å². The van der Waals surface area contributed by atoms with Gasteiger partial charge < -0.3 is 4.74 Å². The lowest BCUT2D eigenvalue weighted by atomic mass is 10.2. The third kappa shape index (κ3) is 4.16. The van der Waals surface area contributed by atoms with Gasteiger partial charge >= 0.3 is 0 Å². The molecule has 0 aromatic heterocycles. The number of carbonyl (C=O) groups excluding carboxylic acids is 1. The van der Waals surface area contributed by atoms with E-state index < -0.39 is 31.9 Å². The second-order valence-electron chi connectivity index (χ2n) is 6.35. The van der Waals surface area contributed by atoms with Gasteiger partial charge in [-0.25, -0.2) is 21.1 Å². The Labute approximate surface area is 178 Å². The Hall–Kier alpha value is -2.01. The molecular formula is C17H16Cl2N2O6S2. The number of sulfonamides is 2. The minimum absolute atomic E-state index is 0.0385. The Morgan fingerprint density at radius 1 is 1.17 bits per heavy atom. The number of rotatable bonds is 5. The highest BCUT2D eigenvalue weighted by Crippen LogP contribution is 2.35. The summed E-state index contributed by atoms with van der Waals surface area (Å²) in [6, 6.07) is 7.86. The maximum Gasteiger partial charge on any atom is 0.265 e. The van der Waals surface area contributed by atoms with E-state index >= 15 is 0 Å². The summed E-state index contributed by atoms with van der Waals surface area (Å²) >= 11 is 11.9. The molecular weight excluding hydrogens is 463 g/mol. The maximum absolute atomic E-state index is 13.0. The minimum atomic E-state index is -4.25. The zero-order chi connectivity index (χ0) is 21.6. The van der Waals surface area contributed by atoms with Crippen LogP contribution in [0.1, 0.15) is 6.92 Å². The molecule has 0 spiro atoms. The van der Waals surface area contributed by atoms with Gasteiger partial charge in [0.05, 0.1) is 35.2 Å². The topological polar surface area (TPSA) is 110 Å². The van der Waals surface area contributed by atoms with Gasteiger partial charge in [0, 0.05) is 5.02 Å². The lowest BCUT2D eigenvalue weighted by Crippen LogP contribution is -2.30. The molecule has 1 amide bonds. The van der Waals surface area contributed by atoms with Crippen molar-refractivity contribution < 1.29 is 26.4 Å². The molecule has 0 aliphatic carbocycles. The summed E-state index contributed by atoms with van der Waals surface area (Å²) in [6.45, 7) is 1.49. The number of amides is 1. The van der Waals surface area contributed by atoms with E-state index in [-0.39, 0.29) is 32.8 Å². The van der Waals surface area contributed by atoms with Gasteiger partial charge in [-0.05, 0) is 36.4 Å². The van der Waals surface area contributed by atoms with Crippen molar-refractivity contribution in [3.8, 4) is 5.75 Å². The first-order valence-electron chi connectivity index (χ1n) is 8.19. The number of benzene rings is 2. The number of carbonyl (C=O) groups is 1. The number of halogens is 2. The molecule has 156 valence electrons. The molecule has 1 heterocycles. The summed E-state index contributed by atoms with van der Waals surface area (Å²) in [7, 11) is -6.88. The number of ether oxygens (including phenoxy) is 1. The molecule has 2 aromatic carbocycles. The van der Waals surface area contributed by atoms with Crippen LogP contribution in [0.25, 0.3) is 0 Å². The number of methoxy groups -OCH3 is 1. The fourth-order valence-corrected chi connectivity index (χ4v) is 6.45. The van der Waals surface area contributed by atoms with E-state index in [9.17, 15) is 21.6 Å². The molecule has 1 saturated heterocycles. The van der Waals surface area contributed by atoms with Gasteiger partial charge in [-0.2, -0.15) is 0 Å². The minimum Gasteiger partial charge on any atom is -0.495 e. The van der Waals surface area contributed by atoms with E-state index in [1.165, 1.54) is 44.4 Å².